The molecule has 0 atom stereocenters. The van der Waals surface area contributed by atoms with Gasteiger partial charge in [-0.15, -0.1) is 0 Å². The van der Waals surface area contributed by atoms with Gasteiger partial charge in [-0.2, -0.15) is 0 Å². The van der Waals surface area contributed by atoms with Gasteiger partial charge in [0.2, 0.25) is 0 Å². The molecular weight excluding hydrogens is 351 g/mol. The van der Waals surface area contributed by atoms with Crippen LogP contribution in [0, 0.1) is 10.5 Å². The van der Waals surface area contributed by atoms with Crippen LogP contribution in [0.4, 0.5) is 11.4 Å². The largest absolute Gasteiger partial charge is 0.387 e. The summed E-state index contributed by atoms with van der Waals surface area (Å²) >= 11 is 2.21. The molecule has 2 aromatic rings. The molecule has 19 heavy (non-hydrogen) atoms. The molecule has 98 valence electrons. The Labute approximate surface area is 126 Å². The van der Waals surface area contributed by atoms with E-state index in [1.54, 1.807) is 0 Å². The summed E-state index contributed by atoms with van der Waals surface area (Å²) in [6, 6.07) is 13.5. The van der Waals surface area contributed by atoms with E-state index in [0.717, 1.165) is 20.5 Å². The van der Waals surface area contributed by atoms with E-state index in [1.165, 1.54) is 0 Å². The van der Waals surface area contributed by atoms with Crippen LogP contribution < -0.4 is 10.6 Å². The summed E-state index contributed by atoms with van der Waals surface area (Å²) in [5, 5.41) is 5.98. The number of nitrogens with one attached hydrogen (secondary N) is 2. The predicted octanol–water partition coefficient (Wildman–Crippen LogP) is 3.89. The zero-order chi connectivity index (χ0) is 13.8. The summed E-state index contributed by atoms with van der Waals surface area (Å²) in [5.41, 5.74) is 3.37. The Hall–Kier alpha value is -1.56. The van der Waals surface area contributed by atoms with Gasteiger partial charge in [-0.1, -0.05) is 23.8 Å². The van der Waals surface area contributed by atoms with Gasteiger partial charge in [0, 0.05) is 16.3 Å². The molecule has 0 unspecified atom stereocenters. The average molecular weight is 366 g/mol. The highest BCUT2D eigenvalue weighted by molar-refractivity contribution is 14.1. The fraction of sp³-hybridized carbons (Fsp3) is 0.133. The molecule has 2 aromatic carbocycles. The predicted molar refractivity (Wildman–Crippen MR) is 87.8 cm³/mol. The van der Waals surface area contributed by atoms with E-state index in [0.29, 0.717) is 5.56 Å². The minimum absolute atomic E-state index is 0.0998. The number of carbonyl (C=O) groups is 1. The molecule has 0 saturated carbocycles. The molecule has 0 bridgehead atoms. The van der Waals surface area contributed by atoms with Gasteiger partial charge in [0.05, 0.1) is 11.3 Å². The molecular formula is C15H15IN2O. The number of aryl methyl sites for hydroxylation is 1. The second-order valence-corrected chi connectivity index (χ2v) is 5.40. The Morgan fingerprint density at radius 2 is 1.84 bits per heavy atom. The lowest BCUT2D eigenvalue weighted by Gasteiger charge is -2.11. The zero-order valence-corrected chi connectivity index (χ0v) is 13.0. The van der Waals surface area contributed by atoms with E-state index in [9.17, 15) is 4.79 Å². The first-order valence-electron chi connectivity index (χ1n) is 5.96. The van der Waals surface area contributed by atoms with Crippen LogP contribution in [-0.4, -0.2) is 13.0 Å². The average Bonchev–Trinajstić information content (AvgIpc) is 2.41. The highest BCUT2D eigenvalue weighted by atomic mass is 127. The van der Waals surface area contributed by atoms with Gasteiger partial charge in [0.25, 0.3) is 5.91 Å². The molecule has 0 spiro atoms. The number of halogens is 1. The van der Waals surface area contributed by atoms with Crippen molar-refractivity contribution < 1.29 is 4.79 Å². The number of amides is 1. The van der Waals surface area contributed by atoms with E-state index >= 15 is 0 Å². The monoisotopic (exact) mass is 366 g/mol. The number of hydrogen-bond acceptors (Lipinski definition) is 2. The summed E-state index contributed by atoms with van der Waals surface area (Å²) in [6.07, 6.45) is 0. The van der Waals surface area contributed by atoms with E-state index < -0.39 is 0 Å². The molecule has 0 aliphatic carbocycles. The fourth-order valence-electron chi connectivity index (χ4n) is 1.82. The molecule has 1 amide bonds. The van der Waals surface area contributed by atoms with Gasteiger partial charge < -0.3 is 10.6 Å². The van der Waals surface area contributed by atoms with Gasteiger partial charge in [-0.3, -0.25) is 4.79 Å². The minimum atomic E-state index is -0.0998. The van der Waals surface area contributed by atoms with Crippen LogP contribution in [0.25, 0.3) is 0 Å². The first kappa shape index (κ1) is 13.9. The summed E-state index contributed by atoms with van der Waals surface area (Å²) in [6.45, 7) is 1.97. The maximum Gasteiger partial charge on any atom is 0.257 e. The lowest BCUT2D eigenvalue weighted by molar-refractivity contribution is 0.102. The third kappa shape index (κ3) is 3.26. The van der Waals surface area contributed by atoms with Crippen LogP contribution in [0.3, 0.4) is 0 Å². The number of carbonyl (C=O) groups excluding carboxylic acids is 1. The summed E-state index contributed by atoms with van der Waals surface area (Å²) in [7, 11) is 1.81. The Kier molecular flexibility index (Phi) is 4.42. The molecule has 2 rings (SSSR count). The van der Waals surface area contributed by atoms with Gasteiger partial charge in [0.15, 0.2) is 0 Å². The topological polar surface area (TPSA) is 41.1 Å². The van der Waals surface area contributed by atoms with Crippen LogP contribution in [0.5, 0.6) is 0 Å². The van der Waals surface area contributed by atoms with E-state index in [-0.39, 0.29) is 5.91 Å². The lowest BCUT2D eigenvalue weighted by Crippen LogP contribution is -2.15. The highest BCUT2D eigenvalue weighted by Crippen LogP contribution is 2.21. The molecule has 0 radical (unpaired) electrons. The van der Waals surface area contributed by atoms with Crippen LogP contribution in [0.1, 0.15) is 15.9 Å². The third-order valence-electron chi connectivity index (χ3n) is 2.81. The Morgan fingerprint density at radius 3 is 2.53 bits per heavy atom. The number of para-hydroxylation sites is 1. The van der Waals surface area contributed by atoms with Crippen LogP contribution in [0.15, 0.2) is 42.5 Å². The molecule has 0 aliphatic heterocycles. The van der Waals surface area contributed by atoms with Crippen molar-refractivity contribution in [3.05, 3.63) is 57.2 Å². The molecule has 0 saturated heterocycles. The lowest BCUT2D eigenvalue weighted by atomic mass is 10.1. The van der Waals surface area contributed by atoms with Gasteiger partial charge >= 0.3 is 0 Å². The van der Waals surface area contributed by atoms with Crippen LogP contribution in [-0.2, 0) is 0 Å². The van der Waals surface area contributed by atoms with E-state index in [2.05, 4.69) is 33.2 Å². The second kappa shape index (κ2) is 6.06. The number of anilines is 2. The smallest absolute Gasteiger partial charge is 0.257 e. The molecule has 0 fully saturated rings. The van der Waals surface area contributed by atoms with Gasteiger partial charge in [0.1, 0.15) is 0 Å². The zero-order valence-electron chi connectivity index (χ0n) is 10.8. The number of benzene rings is 2. The SMILES string of the molecule is CNc1ccc(C)cc1C(=O)Nc1ccccc1I. The van der Waals surface area contributed by atoms with Crippen LogP contribution >= 0.6 is 22.6 Å². The summed E-state index contributed by atoms with van der Waals surface area (Å²) in [4.78, 5) is 12.3. The molecule has 4 heteroatoms. The van der Waals surface area contributed by atoms with Crippen LogP contribution in [0.2, 0.25) is 0 Å². The first-order valence-corrected chi connectivity index (χ1v) is 7.04. The molecule has 0 aliphatic rings. The van der Waals surface area contributed by atoms with Crippen molar-refractivity contribution in [2.45, 2.75) is 6.92 Å². The maximum atomic E-state index is 12.3. The van der Waals surface area contributed by atoms with Gasteiger partial charge in [-0.05, 0) is 53.8 Å². The summed E-state index contributed by atoms with van der Waals surface area (Å²) < 4.78 is 1.02. The van der Waals surface area contributed by atoms with Gasteiger partial charge in [-0.25, -0.2) is 0 Å². The van der Waals surface area contributed by atoms with E-state index in [4.69, 9.17) is 0 Å². The maximum absolute atomic E-state index is 12.3. The third-order valence-corrected chi connectivity index (χ3v) is 3.75. The van der Waals surface area contributed by atoms with Crippen molar-refractivity contribution in [1.29, 1.82) is 0 Å². The highest BCUT2D eigenvalue weighted by Gasteiger charge is 2.12. The number of rotatable bonds is 3. The minimum Gasteiger partial charge on any atom is -0.387 e. The van der Waals surface area contributed by atoms with E-state index in [1.807, 2.05) is 56.4 Å². The Bertz CT molecular complexity index is 611. The standard InChI is InChI=1S/C15H15IN2O/c1-10-7-8-13(17-2)11(9-10)15(19)18-14-6-4-3-5-12(14)16/h3-9,17H,1-2H3,(H,18,19). The first-order chi connectivity index (χ1) is 9.11. The molecule has 0 heterocycles. The number of hydrogen-bond donors (Lipinski definition) is 2. The summed E-state index contributed by atoms with van der Waals surface area (Å²) in [5.74, 6) is -0.0998. The Morgan fingerprint density at radius 1 is 1.11 bits per heavy atom. The Balaban J connectivity index is 2.30. The van der Waals surface area contributed by atoms with Crippen molar-refractivity contribution in [3.8, 4) is 0 Å². The normalized spacial score (nSPS) is 10.1. The van der Waals surface area contributed by atoms with Crippen molar-refractivity contribution in [2.24, 2.45) is 0 Å². The fourth-order valence-corrected chi connectivity index (χ4v) is 2.34. The molecule has 2 N–H and O–H groups in total. The molecule has 0 aromatic heterocycles. The van der Waals surface area contributed by atoms with Crippen molar-refractivity contribution in [1.82, 2.24) is 0 Å². The van der Waals surface area contributed by atoms with Crippen molar-refractivity contribution in [3.63, 3.8) is 0 Å². The molecule has 3 nitrogen and oxygen atoms in total. The second-order valence-electron chi connectivity index (χ2n) is 4.23. The quantitative estimate of drug-likeness (QED) is 0.810. The van der Waals surface area contributed by atoms with Crippen molar-refractivity contribution in [2.75, 3.05) is 17.7 Å². The van der Waals surface area contributed by atoms with Crippen molar-refractivity contribution >= 4 is 39.9 Å².